The van der Waals surface area contributed by atoms with E-state index in [4.69, 9.17) is 14.2 Å². The highest BCUT2D eigenvalue weighted by Gasteiger charge is 2.19. The monoisotopic (exact) mass is 458 g/mol. The van der Waals surface area contributed by atoms with Crippen molar-refractivity contribution in [2.24, 2.45) is 0 Å². The first-order valence-electron chi connectivity index (χ1n) is 10.1. The summed E-state index contributed by atoms with van der Waals surface area (Å²) in [5.41, 5.74) is 1.25. The minimum absolute atomic E-state index is 0.00429. The molecule has 0 saturated heterocycles. The molecule has 2 N–H and O–H groups in total. The minimum Gasteiger partial charge on any atom is -0.490 e. The summed E-state index contributed by atoms with van der Waals surface area (Å²) in [4.78, 5) is 27.3. The van der Waals surface area contributed by atoms with E-state index in [9.17, 15) is 18.0 Å². The number of hydrogen-bond donors (Lipinski definition) is 2. The van der Waals surface area contributed by atoms with Gasteiger partial charge in [0.05, 0.1) is 24.5 Å². The Balaban J connectivity index is 1.28. The van der Waals surface area contributed by atoms with Crippen molar-refractivity contribution in [2.75, 3.05) is 26.4 Å². The molecule has 0 atom stereocenters. The molecule has 0 fully saturated rings. The number of H-pyrrole nitrogens is 1. The molecular formula is C22H22N2O7S. The van der Waals surface area contributed by atoms with E-state index in [-0.39, 0.29) is 23.6 Å². The van der Waals surface area contributed by atoms with Crippen LogP contribution in [0.5, 0.6) is 11.5 Å². The second-order valence-corrected chi connectivity index (χ2v) is 8.91. The Morgan fingerprint density at radius 2 is 1.84 bits per heavy atom. The Labute approximate surface area is 184 Å². The van der Waals surface area contributed by atoms with Gasteiger partial charge in [0.25, 0.3) is 0 Å². The third kappa shape index (κ3) is 4.92. The molecule has 168 valence electrons. The van der Waals surface area contributed by atoms with Gasteiger partial charge in [-0.05, 0) is 18.2 Å². The number of benzene rings is 2. The zero-order chi connectivity index (χ0) is 22.6. The zero-order valence-electron chi connectivity index (χ0n) is 17.1. The number of aromatic amines is 1. The Bertz CT molecular complexity index is 1250. The topological polar surface area (TPSA) is 124 Å². The van der Waals surface area contributed by atoms with Crippen molar-refractivity contribution in [2.45, 2.75) is 17.7 Å². The fourth-order valence-electron chi connectivity index (χ4n) is 3.28. The zero-order valence-corrected chi connectivity index (χ0v) is 17.9. The molecule has 10 heteroatoms. The number of nitrogens with one attached hydrogen (secondary N) is 2. The lowest BCUT2D eigenvalue weighted by atomic mass is 10.1. The van der Waals surface area contributed by atoms with E-state index in [1.807, 2.05) is 18.2 Å². The van der Waals surface area contributed by atoms with Crippen LogP contribution in [0.2, 0.25) is 0 Å². The molecule has 0 bridgehead atoms. The quantitative estimate of drug-likeness (QED) is 0.392. The van der Waals surface area contributed by atoms with Crippen LogP contribution in [0.3, 0.4) is 0 Å². The third-order valence-electron chi connectivity index (χ3n) is 4.90. The van der Waals surface area contributed by atoms with Crippen LogP contribution in [-0.4, -0.2) is 51.5 Å². The highest BCUT2D eigenvalue weighted by molar-refractivity contribution is 7.89. The number of para-hydroxylation sites is 1. The van der Waals surface area contributed by atoms with Crippen LogP contribution in [0.25, 0.3) is 10.9 Å². The molecule has 0 spiro atoms. The number of carbonyl (C=O) groups is 2. The second kappa shape index (κ2) is 9.41. The van der Waals surface area contributed by atoms with Gasteiger partial charge in [-0.25, -0.2) is 13.1 Å². The van der Waals surface area contributed by atoms with E-state index in [2.05, 4.69) is 9.71 Å². The van der Waals surface area contributed by atoms with Gasteiger partial charge in [-0.2, -0.15) is 0 Å². The minimum atomic E-state index is -3.86. The number of aromatic nitrogens is 1. The second-order valence-electron chi connectivity index (χ2n) is 7.14. The number of hydrogen-bond acceptors (Lipinski definition) is 7. The molecule has 0 amide bonds. The van der Waals surface area contributed by atoms with Crippen LogP contribution in [0, 0.1) is 0 Å². The predicted molar refractivity (Wildman–Crippen MR) is 115 cm³/mol. The van der Waals surface area contributed by atoms with Crippen LogP contribution in [0.1, 0.15) is 23.2 Å². The van der Waals surface area contributed by atoms with Gasteiger partial charge in [0, 0.05) is 41.7 Å². The standard InChI is InChI=1S/C22H22N2O7S/c25-19(17-13-23-18-5-2-1-4-16(17)18)14-31-22(26)8-9-24-32(27,28)15-6-7-20-21(12-15)30-11-3-10-29-20/h1-2,4-7,12-13,23-24H,3,8-11,14H2. The van der Waals surface area contributed by atoms with Gasteiger partial charge in [-0.3, -0.25) is 9.59 Å². The lowest BCUT2D eigenvalue weighted by Crippen LogP contribution is -2.27. The van der Waals surface area contributed by atoms with Gasteiger partial charge in [0.1, 0.15) is 0 Å². The molecule has 0 radical (unpaired) electrons. The van der Waals surface area contributed by atoms with Crippen molar-refractivity contribution in [3.8, 4) is 11.5 Å². The van der Waals surface area contributed by atoms with Crippen molar-refractivity contribution < 1.29 is 32.2 Å². The molecule has 0 unspecified atom stereocenters. The van der Waals surface area contributed by atoms with Crippen molar-refractivity contribution in [1.29, 1.82) is 0 Å². The summed E-state index contributed by atoms with van der Waals surface area (Å²) in [7, 11) is -3.86. The number of fused-ring (bicyclic) bond motifs is 2. The highest BCUT2D eigenvalue weighted by Crippen LogP contribution is 2.31. The van der Waals surface area contributed by atoms with Gasteiger partial charge in [0.2, 0.25) is 15.8 Å². The Hall–Kier alpha value is -3.37. The maximum absolute atomic E-state index is 12.5. The highest BCUT2D eigenvalue weighted by atomic mass is 32.2. The molecule has 0 saturated carbocycles. The summed E-state index contributed by atoms with van der Waals surface area (Å²) in [6.45, 7) is 0.349. The fourth-order valence-corrected chi connectivity index (χ4v) is 4.33. The number of sulfonamides is 1. The lowest BCUT2D eigenvalue weighted by Gasteiger charge is -2.11. The van der Waals surface area contributed by atoms with Crippen molar-refractivity contribution >= 4 is 32.7 Å². The SMILES string of the molecule is O=C(CCNS(=O)(=O)c1ccc2c(c1)OCCCO2)OCC(=O)c1c[nH]c2ccccc12. The van der Waals surface area contributed by atoms with E-state index < -0.39 is 22.6 Å². The number of ketones is 1. The number of rotatable bonds is 8. The van der Waals surface area contributed by atoms with E-state index in [1.54, 1.807) is 18.3 Å². The first-order valence-corrected chi connectivity index (χ1v) is 11.6. The largest absolute Gasteiger partial charge is 0.490 e. The molecule has 2 aromatic carbocycles. The van der Waals surface area contributed by atoms with E-state index in [0.717, 1.165) is 10.9 Å². The molecular weight excluding hydrogens is 436 g/mol. The Kier molecular flexibility index (Phi) is 6.42. The molecule has 1 aromatic heterocycles. The summed E-state index contributed by atoms with van der Waals surface area (Å²) < 4.78 is 43.4. The van der Waals surface area contributed by atoms with E-state index in [1.165, 1.54) is 12.1 Å². The molecule has 9 nitrogen and oxygen atoms in total. The van der Waals surface area contributed by atoms with Gasteiger partial charge < -0.3 is 19.2 Å². The molecule has 1 aliphatic heterocycles. The van der Waals surface area contributed by atoms with Crippen LogP contribution in [0.15, 0.2) is 53.6 Å². The number of esters is 1. The normalized spacial score (nSPS) is 13.5. The fraction of sp³-hybridized carbons (Fsp3) is 0.273. The molecule has 4 rings (SSSR count). The van der Waals surface area contributed by atoms with Crippen LogP contribution in [-0.2, 0) is 19.6 Å². The van der Waals surface area contributed by atoms with Crippen molar-refractivity contribution in [3.05, 3.63) is 54.2 Å². The average molecular weight is 458 g/mol. The molecule has 3 aromatic rings. The van der Waals surface area contributed by atoms with Crippen LogP contribution < -0.4 is 14.2 Å². The predicted octanol–water partition coefficient (Wildman–Crippen LogP) is 2.42. The number of ether oxygens (including phenoxy) is 3. The number of carbonyl (C=O) groups excluding carboxylic acids is 2. The summed E-state index contributed by atoms with van der Waals surface area (Å²) in [5.74, 6) is -0.173. The molecule has 2 heterocycles. The summed E-state index contributed by atoms with van der Waals surface area (Å²) in [5, 5.41) is 0.747. The van der Waals surface area contributed by atoms with Gasteiger partial charge in [0.15, 0.2) is 18.1 Å². The molecule has 1 aliphatic rings. The third-order valence-corrected chi connectivity index (χ3v) is 6.36. The molecule has 32 heavy (non-hydrogen) atoms. The van der Waals surface area contributed by atoms with Gasteiger partial charge >= 0.3 is 5.97 Å². The van der Waals surface area contributed by atoms with E-state index >= 15 is 0 Å². The van der Waals surface area contributed by atoms with Crippen LogP contribution >= 0.6 is 0 Å². The maximum atomic E-state index is 12.5. The van der Waals surface area contributed by atoms with Crippen molar-refractivity contribution in [1.82, 2.24) is 9.71 Å². The lowest BCUT2D eigenvalue weighted by molar-refractivity contribution is -0.142. The average Bonchev–Trinajstić information content (AvgIpc) is 3.07. The Morgan fingerprint density at radius 1 is 1.06 bits per heavy atom. The first kappa shape index (κ1) is 21.8. The number of Topliss-reactive ketones (excluding diaryl/α,β-unsaturated/α-hetero) is 1. The van der Waals surface area contributed by atoms with Crippen molar-refractivity contribution in [3.63, 3.8) is 0 Å². The van der Waals surface area contributed by atoms with Gasteiger partial charge in [-0.1, -0.05) is 18.2 Å². The molecule has 0 aliphatic carbocycles. The van der Waals surface area contributed by atoms with Gasteiger partial charge in [-0.15, -0.1) is 0 Å². The van der Waals surface area contributed by atoms with E-state index in [0.29, 0.717) is 36.7 Å². The first-order chi connectivity index (χ1) is 15.4. The summed E-state index contributed by atoms with van der Waals surface area (Å²) in [6, 6.07) is 11.6. The maximum Gasteiger partial charge on any atom is 0.307 e. The van der Waals surface area contributed by atoms with Crippen LogP contribution in [0.4, 0.5) is 0 Å². The summed E-state index contributed by atoms with van der Waals surface area (Å²) in [6.07, 6.45) is 2.06. The smallest absolute Gasteiger partial charge is 0.307 e. The summed E-state index contributed by atoms with van der Waals surface area (Å²) >= 11 is 0. The Morgan fingerprint density at radius 3 is 2.69 bits per heavy atom.